The topological polar surface area (TPSA) is 97.3 Å². The van der Waals surface area contributed by atoms with Crippen LogP contribution in [0.5, 0.6) is 11.5 Å². The molecule has 9 nitrogen and oxygen atoms in total. The molecule has 2 aromatic heterocycles. The van der Waals surface area contributed by atoms with E-state index in [2.05, 4.69) is 51.6 Å². The molecule has 0 saturated carbocycles. The van der Waals surface area contributed by atoms with Gasteiger partial charge in [0.05, 0.1) is 38.6 Å². The summed E-state index contributed by atoms with van der Waals surface area (Å²) in [4.78, 5) is 4.51. The van der Waals surface area contributed by atoms with Crippen LogP contribution in [0.1, 0.15) is 22.9 Å². The molecule has 9 heteroatoms. The number of ether oxygens (including phenoxy) is 3. The molecule has 158 valence electrons. The molecule has 0 amide bonds. The zero-order chi connectivity index (χ0) is 21.4. The lowest BCUT2D eigenvalue weighted by Crippen LogP contribution is -2.22. The number of aryl methyl sites for hydroxylation is 1. The SMILES string of the molecule is COc1ccc(-c2nc(-c3nnn4c3COC(c3ccc(C)cc3)C4)no2)c(OC)c1. The Kier molecular flexibility index (Phi) is 4.87. The highest BCUT2D eigenvalue weighted by atomic mass is 16.5. The normalized spacial score (nSPS) is 15.5. The zero-order valence-corrected chi connectivity index (χ0v) is 17.4. The van der Waals surface area contributed by atoms with E-state index in [0.717, 1.165) is 11.3 Å². The molecular weight excluding hydrogens is 398 g/mol. The molecule has 1 unspecified atom stereocenters. The number of benzene rings is 2. The number of nitrogens with zero attached hydrogens (tertiary/aromatic N) is 5. The lowest BCUT2D eigenvalue weighted by molar-refractivity contribution is -0.00112. The lowest BCUT2D eigenvalue weighted by Gasteiger charge is -2.24. The van der Waals surface area contributed by atoms with E-state index in [9.17, 15) is 0 Å². The van der Waals surface area contributed by atoms with E-state index in [4.69, 9.17) is 18.7 Å². The lowest BCUT2D eigenvalue weighted by atomic mass is 10.1. The molecule has 0 fully saturated rings. The Bertz CT molecular complexity index is 1220. The summed E-state index contributed by atoms with van der Waals surface area (Å²) in [5, 5.41) is 12.7. The smallest absolute Gasteiger partial charge is 0.262 e. The van der Waals surface area contributed by atoms with Gasteiger partial charge < -0.3 is 18.7 Å². The van der Waals surface area contributed by atoms with Crippen LogP contribution in [0.25, 0.3) is 23.0 Å². The average Bonchev–Trinajstić information content (AvgIpc) is 3.45. The Morgan fingerprint density at radius 2 is 1.90 bits per heavy atom. The van der Waals surface area contributed by atoms with Crippen molar-refractivity contribution in [3.8, 4) is 34.5 Å². The van der Waals surface area contributed by atoms with Gasteiger partial charge in [0.2, 0.25) is 5.82 Å². The second kappa shape index (κ2) is 7.84. The van der Waals surface area contributed by atoms with Crippen LogP contribution in [0.15, 0.2) is 47.0 Å². The molecule has 5 rings (SSSR count). The summed E-state index contributed by atoms with van der Waals surface area (Å²) in [5.41, 5.74) is 4.35. The van der Waals surface area contributed by atoms with Crippen molar-refractivity contribution in [2.24, 2.45) is 0 Å². The zero-order valence-electron chi connectivity index (χ0n) is 17.4. The van der Waals surface area contributed by atoms with Gasteiger partial charge in [0, 0.05) is 6.07 Å². The summed E-state index contributed by atoms with van der Waals surface area (Å²) in [6.45, 7) is 2.99. The first-order valence-corrected chi connectivity index (χ1v) is 9.83. The minimum Gasteiger partial charge on any atom is -0.497 e. The molecule has 0 aliphatic carbocycles. The average molecular weight is 419 g/mol. The van der Waals surface area contributed by atoms with Crippen molar-refractivity contribution < 1.29 is 18.7 Å². The maximum absolute atomic E-state index is 6.08. The number of fused-ring (bicyclic) bond motifs is 1. The molecule has 1 aliphatic rings. The molecule has 1 atom stereocenters. The van der Waals surface area contributed by atoms with Crippen molar-refractivity contribution in [2.75, 3.05) is 14.2 Å². The van der Waals surface area contributed by atoms with Crippen LogP contribution in [-0.2, 0) is 17.9 Å². The van der Waals surface area contributed by atoms with E-state index in [1.54, 1.807) is 26.4 Å². The number of hydrogen-bond acceptors (Lipinski definition) is 8. The summed E-state index contributed by atoms with van der Waals surface area (Å²) in [6.07, 6.45) is -0.0768. The third-order valence-corrected chi connectivity index (χ3v) is 5.32. The first-order chi connectivity index (χ1) is 15.2. The predicted molar refractivity (Wildman–Crippen MR) is 111 cm³/mol. The molecule has 0 spiro atoms. The summed E-state index contributed by atoms with van der Waals surface area (Å²) >= 11 is 0. The largest absolute Gasteiger partial charge is 0.497 e. The molecule has 2 aromatic carbocycles. The van der Waals surface area contributed by atoms with Crippen molar-refractivity contribution >= 4 is 0 Å². The predicted octanol–water partition coefficient (Wildman–Crippen LogP) is 3.59. The quantitative estimate of drug-likeness (QED) is 0.484. The van der Waals surface area contributed by atoms with Crippen LogP contribution >= 0.6 is 0 Å². The van der Waals surface area contributed by atoms with E-state index in [1.807, 2.05) is 10.7 Å². The van der Waals surface area contributed by atoms with Gasteiger partial charge in [-0.3, -0.25) is 0 Å². The molecule has 3 heterocycles. The maximum Gasteiger partial charge on any atom is 0.262 e. The first kappa shape index (κ1) is 19.3. The Hall–Kier alpha value is -3.72. The molecule has 0 N–H and O–H groups in total. The molecule has 0 saturated heterocycles. The van der Waals surface area contributed by atoms with Gasteiger partial charge in [-0.25, -0.2) is 4.68 Å². The maximum atomic E-state index is 6.08. The van der Waals surface area contributed by atoms with Gasteiger partial charge in [-0.05, 0) is 24.6 Å². The Morgan fingerprint density at radius 1 is 1.06 bits per heavy atom. The van der Waals surface area contributed by atoms with Gasteiger partial charge in [0.15, 0.2) is 5.69 Å². The summed E-state index contributed by atoms with van der Waals surface area (Å²) in [6, 6.07) is 13.7. The van der Waals surface area contributed by atoms with E-state index < -0.39 is 0 Å². The standard InChI is InChI=1S/C22H21N5O4/c1-13-4-6-14(7-5-13)19-11-27-17(12-30-19)20(24-26-27)21-23-22(31-25-21)16-9-8-15(28-2)10-18(16)29-3/h4-10,19H,11-12H2,1-3H3. The van der Waals surface area contributed by atoms with Gasteiger partial charge in [0.25, 0.3) is 5.89 Å². The minimum atomic E-state index is -0.0768. The van der Waals surface area contributed by atoms with Gasteiger partial charge in [-0.15, -0.1) is 5.10 Å². The van der Waals surface area contributed by atoms with Gasteiger partial charge >= 0.3 is 0 Å². The van der Waals surface area contributed by atoms with Crippen LogP contribution in [-0.4, -0.2) is 39.4 Å². The Morgan fingerprint density at radius 3 is 2.68 bits per heavy atom. The highest BCUT2D eigenvalue weighted by Crippen LogP contribution is 2.34. The summed E-state index contributed by atoms with van der Waals surface area (Å²) in [7, 11) is 3.17. The first-order valence-electron chi connectivity index (χ1n) is 9.83. The van der Waals surface area contributed by atoms with Crippen LogP contribution in [0.2, 0.25) is 0 Å². The summed E-state index contributed by atoms with van der Waals surface area (Å²) in [5.74, 6) is 1.92. The molecular formula is C22H21N5O4. The fourth-order valence-corrected chi connectivity index (χ4v) is 3.57. The number of aromatic nitrogens is 5. The number of methoxy groups -OCH3 is 2. The molecule has 4 aromatic rings. The highest BCUT2D eigenvalue weighted by molar-refractivity contribution is 5.66. The van der Waals surface area contributed by atoms with Crippen molar-refractivity contribution in [2.45, 2.75) is 26.2 Å². The second-order valence-electron chi connectivity index (χ2n) is 7.27. The second-order valence-corrected chi connectivity index (χ2v) is 7.27. The van der Waals surface area contributed by atoms with Crippen molar-refractivity contribution in [3.05, 3.63) is 59.3 Å². The fraction of sp³-hybridized carbons (Fsp3) is 0.273. The minimum absolute atomic E-state index is 0.0768. The van der Waals surface area contributed by atoms with E-state index in [0.29, 0.717) is 47.6 Å². The van der Waals surface area contributed by atoms with E-state index in [-0.39, 0.29) is 6.10 Å². The number of hydrogen-bond donors (Lipinski definition) is 0. The van der Waals surface area contributed by atoms with Crippen LogP contribution in [0, 0.1) is 6.92 Å². The third kappa shape index (κ3) is 3.53. The van der Waals surface area contributed by atoms with Gasteiger partial charge in [0.1, 0.15) is 17.6 Å². The van der Waals surface area contributed by atoms with Crippen molar-refractivity contribution in [1.29, 1.82) is 0 Å². The Balaban J connectivity index is 1.42. The molecule has 0 bridgehead atoms. The third-order valence-electron chi connectivity index (χ3n) is 5.32. The van der Waals surface area contributed by atoms with Crippen molar-refractivity contribution in [1.82, 2.24) is 25.1 Å². The molecule has 31 heavy (non-hydrogen) atoms. The van der Waals surface area contributed by atoms with Crippen molar-refractivity contribution in [3.63, 3.8) is 0 Å². The van der Waals surface area contributed by atoms with Crippen LogP contribution in [0.4, 0.5) is 0 Å². The van der Waals surface area contributed by atoms with Crippen LogP contribution < -0.4 is 9.47 Å². The Labute approximate surface area is 178 Å². The molecule has 1 aliphatic heterocycles. The highest BCUT2D eigenvalue weighted by Gasteiger charge is 2.28. The molecule has 0 radical (unpaired) electrons. The summed E-state index contributed by atoms with van der Waals surface area (Å²) < 4.78 is 24.1. The van der Waals surface area contributed by atoms with Crippen LogP contribution in [0.3, 0.4) is 0 Å². The monoisotopic (exact) mass is 419 g/mol. The van der Waals surface area contributed by atoms with E-state index >= 15 is 0 Å². The van der Waals surface area contributed by atoms with Gasteiger partial charge in [-0.2, -0.15) is 4.98 Å². The fourth-order valence-electron chi connectivity index (χ4n) is 3.57. The number of rotatable bonds is 5. The van der Waals surface area contributed by atoms with Gasteiger partial charge in [-0.1, -0.05) is 40.2 Å². The van der Waals surface area contributed by atoms with E-state index in [1.165, 1.54) is 5.56 Å².